The normalized spacial score (nSPS) is 13.2. The van der Waals surface area contributed by atoms with Crippen LogP contribution < -0.4 is 0 Å². The summed E-state index contributed by atoms with van der Waals surface area (Å²) >= 11 is 0. The third-order valence-electron chi connectivity index (χ3n) is 11.6. The van der Waals surface area contributed by atoms with Gasteiger partial charge in [-0.1, -0.05) is 157 Å². The van der Waals surface area contributed by atoms with E-state index in [4.69, 9.17) is 9.97 Å². The first kappa shape index (κ1) is 30.0. The quantitative estimate of drug-likeness (QED) is 0.186. The lowest BCUT2D eigenvalue weighted by molar-refractivity contribution is 0.794. The zero-order valence-corrected chi connectivity index (χ0v) is 29.6. The number of aryl methyl sites for hydroxylation is 2. The Hall–Kier alpha value is -6.64. The fraction of sp³-hybridized carbons (Fsp3) is 0.0588. The average molecular weight is 675 g/mol. The molecule has 2 aliphatic rings. The Morgan fingerprint density at radius 3 is 1.32 bits per heavy atom. The van der Waals surface area contributed by atoms with Crippen molar-refractivity contribution in [1.29, 1.82) is 0 Å². The van der Waals surface area contributed by atoms with Gasteiger partial charge in [0.1, 0.15) is 0 Å². The van der Waals surface area contributed by atoms with Crippen LogP contribution in [0.25, 0.3) is 77.7 Å². The summed E-state index contributed by atoms with van der Waals surface area (Å²) in [5, 5.41) is 4.83. The molecule has 9 aromatic rings. The molecule has 2 nitrogen and oxygen atoms in total. The van der Waals surface area contributed by atoms with Crippen LogP contribution in [0.5, 0.6) is 0 Å². The van der Waals surface area contributed by atoms with E-state index in [-0.39, 0.29) is 0 Å². The van der Waals surface area contributed by atoms with Crippen molar-refractivity contribution in [3.8, 4) is 56.2 Å². The minimum Gasteiger partial charge on any atom is -0.228 e. The maximum absolute atomic E-state index is 5.36. The van der Waals surface area contributed by atoms with Gasteiger partial charge in [0.15, 0.2) is 5.82 Å². The number of fused-ring (bicyclic) bond motifs is 12. The van der Waals surface area contributed by atoms with Gasteiger partial charge < -0.3 is 0 Å². The molecule has 0 saturated carbocycles. The Balaban J connectivity index is 1.15. The molecule has 0 atom stereocenters. The highest BCUT2D eigenvalue weighted by atomic mass is 14.9. The molecule has 0 bridgehead atoms. The lowest BCUT2D eigenvalue weighted by atomic mass is 9.70. The molecule has 0 fully saturated rings. The standard InChI is InChI=1S/C51H34N2/c1-31-15-17-35-27-37(21-19-33(35)25-31)48-30-49(53-50(52-48)39-22-20-34-26-32(2)16-18-36(34)28-39)38-23-24-43-42-11-5-8-14-46(42)51(47(43)29-38)44-12-6-3-9-40(44)41-10-4-7-13-45(41)51/h3-30H,1-2H3. The summed E-state index contributed by atoms with van der Waals surface area (Å²) in [7, 11) is 0. The molecule has 1 heterocycles. The Kier molecular flexibility index (Phi) is 6.33. The highest BCUT2D eigenvalue weighted by Crippen LogP contribution is 2.63. The van der Waals surface area contributed by atoms with Crippen molar-refractivity contribution in [2.75, 3.05) is 0 Å². The summed E-state index contributed by atoms with van der Waals surface area (Å²) in [6, 6.07) is 62.5. The van der Waals surface area contributed by atoms with Crippen molar-refractivity contribution < 1.29 is 0 Å². The van der Waals surface area contributed by atoms with Crippen molar-refractivity contribution in [1.82, 2.24) is 9.97 Å². The molecule has 0 aliphatic heterocycles. The van der Waals surface area contributed by atoms with Crippen molar-refractivity contribution >= 4 is 21.5 Å². The van der Waals surface area contributed by atoms with E-state index in [2.05, 4.69) is 184 Å². The predicted octanol–water partition coefficient (Wildman–Crippen LogP) is 12.7. The fourth-order valence-corrected chi connectivity index (χ4v) is 9.16. The Bertz CT molecular complexity index is 2820. The summed E-state index contributed by atoms with van der Waals surface area (Å²) < 4.78 is 0. The van der Waals surface area contributed by atoms with Crippen LogP contribution >= 0.6 is 0 Å². The molecule has 248 valence electrons. The molecule has 53 heavy (non-hydrogen) atoms. The van der Waals surface area contributed by atoms with Gasteiger partial charge in [0.2, 0.25) is 0 Å². The van der Waals surface area contributed by atoms with E-state index in [1.54, 1.807) is 0 Å². The first-order chi connectivity index (χ1) is 26.0. The minimum atomic E-state index is -0.416. The van der Waals surface area contributed by atoms with Crippen LogP contribution in [0.4, 0.5) is 0 Å². The number of rotatable bonds is 3. The van der Waals surface area contributed by atoms with Gasteiger partial charge in [-0.3, -0.25) is 0 Å². The number of benzene rings is 8. The van der Waals surface area contributed by atoms with E-state index in [1.807, 2.05) is 0 Å². The molecule has 0 unspecified atom stereocenters. The minimum absolute atomic E-state index is 0.416. The highest BCUT2D eigenvalue weighted by molar-refractivity contribution is 5.96. The predicted molar refractivity (Wildman–Crippen MR) is 219 cm³/mol. The van der Waals surface area contributed by atoms with Gasteiger partial charge in [0, 0.05) is 16.7 Å². The maximum Gasteiger partial charge on any atom is 0.160 e. The summed E-state index contributed by atoms with van der Waals surface area (Å²) in [6.07, 6.45) is 0. The van der Waals surface area contributed by atoms with E-state index in [9.17, 15) is 0 Å². The Labute approximate surface area is 309 Å². The number of hydrogen-bond donors (Lipinski definition) is 0. The molecule has 0 amide bonds. The lowest BCUT2D eigenvalue weighted by Gasteiger charge is -2.30. The van der Waals surface area contributed by atoms with Crippen molar-refractivity contribution in [2.45, 2.75) is 19.3 Å². The third kappa shape index (κ3) is 4.39. The van der Waals surface area contributed by atoms with Crippen molar-refractivity contribution in [3.05, 3.63) is 203 Å². The molecule has 2 aliphatic carbocycles. The first-order valence-electron chi connectivity index (χ1n) is 18.4. The topological polar surface area (TPSA) is 25.8 Å². The zero-order valence-electron chi connectivity index (χ0n) is 29.6. The highest BCUT2D eigenvalue weighted by Gasteiger charge is 2.51. The van der Waals surface area contributed by atoms with Crippen LogP contribution in [0.15, 0.2) is 170 Å². The van der Waals surface area contributed by atoms with Crippen LogP contribution in [0, 0.1) is 13.8 Å². The molecule has 0 saturated heterocycles. The van der Waals surface area contributed by atoms with Crippen LogP contribution in [-0.2, 0) is 5.41 Å². The Morgan fingerprint density at radius 2 is 0.755 bits per heavy atom. The second-order valence-electron chi connectivity index (χ2n) is 14.7. The van der Waals surface area contributed by atoms with Crippen molar-refractivity contribution in [2.24, 2.45) is 0 Å². The summed E-state index contributed by atoms with van der Waals surface area (Å²) in [5.74, 6) is 0.721. The summed E-state index contributed by atoms with van der Waals surface area (Å²) in [6.45, 7) is 4.28. The second-order valence-corrected chi connectivity index (χ2v) is 14.7. The number of nitrogens with zero attached hydrogens (tertiary/aromatic N) is 2. The number of hydrogen-bond acceptors (Lipinski definition) is 2. The first-order valence-corrected chi connectivity index (χ1v) is 18.4. The molecular weight excluding hydrogens is 641 g/mol. The monoisotopic (exact) mass is 674 g/mol. The van der Waals surface area contributed by atoms with E-state index in [0.717, 1.165) is 33.9 Å². The van der Waals surface area contributed by atoms with Gasteiger partial charge in [-0.15, -0.1) is 0 Å². The molecular formula is C51H34N2. The second kappa shape index (κ2) is 11.2. The molecule has 0 N–H and O–H groups in total. The zero-order chi connectivity index (χ0) is 35.3. The van der Waals surface area contributed by atoms with E-state index >= 15 is 0 Å². The molecule has 1 spiro atoms. The van der Waals surface area contributed by atoms with Gasteiger partial charge >= 0.3 is 0 Å². The van der Waals surface area contributed by atoms with Gasteiger partial charge in [0.05, 0.1) is 16.8 Å². The van der Waals surface area contributed by atoms with E-state index in [0.29, 0.717) is 0 Å². The lowest BCUT2D eigenvalue weighted by Crippen LogP contribution is -2.25. The van der Waals surface area contributed by atoms with Crippen LogP contribution in [0.2, 0.25) is 0 Å². The summed E-state index contributed by atoms with van der Waals surface area (Å²) in [5.41, 5.74) is 17.6. The largest absolute Gasteiger partial charge is 0.228 e. The Morgan fingerprint density at radius 1 is 0.340 bits per heavy atom. The van der Waals surface area contributed by atoms with E-state index < -0.39 is 5.41 Å². The molecule has 1 aromatic heterocycles. The van der Waals surface area contributed by atoms with Crippen molar-refractivity contribution in [3.63, 3.8) is 0 Å². The molecule has 0 radical (unpaired) electrons. The fourth-order valence-electron chi connectivity index (χ4n) is 9.16. The smallest absolute Gasteiger partial charge is 0.160 e. The van der Waals surface area contributed by atoms with E-state index in [1.165, 1.54) is 77.2 Å². The SMILES string of the molecule is Cc1ccc2cc(-c3cc(-c4ccc5c(c4)C4(c6ccccc6-c6ccccc64)c4ccccc4-5)nc(-c4ccc5cc(C)ccc5c4)n3)ccc2c1. The van der Waals surface area contributed by atoms with Gasteiger partial charge in [0.25, 0.3) is 0 Å². The number of aromatic nitrogens is 2. The molecule has 11 rings (SSSR count). The van der Waals surface area contributed by atoms with Crippen LogP contribution in [0.1, 0.15) is 33.4 Å². The van der Waals surface area contributed by atoms with Crippen LogP contribution in [0.3, 0.4) is 0 Å². The van der Waals surface area contributed by atoms with Gasteiger partial charge in [-0.25, -0.2) is 9.97 Å². The van der Waals surface area contributed by atoms with Gasteiger partial charge in [-0.05, 0) is 104 Å². The molecule has 2 heteroatoms. The average Bonchev–Trinajstić information content (AvgIpc) is 3.67. The maximum atomic E-state index is 5.36. The summed E-state index contributed by atoms with van der Waals surface area (Å²) in [4.78, 5) is 10.6. The van der Waals surface area contributed by atoms with Crippen LogP contribution in [-0.4, -0.2) is 9.97 Å². The third-order valence-corrected chi connectivity index (χ3v) is 11.6. The van der Waals surface area contributed by atoms with Gasteiger partial charge in [-0.2, -0.15) is 0 Å². The molecule has 8 aromatic carbocycles.